The number of halogens is 1. The molecule has 0 saturated carbocycles. The number of rotatable bonds is 8. The van der Waals surface area contributed by atoms with Gasteiger partial charge in [0.25, 0.3) is 11.6 Å². The number of nitro benzene ring substituents is 1. The van der Waals surface area contributed by atoms with Gasteiger partial charge in [0.2, 0.25) is 0 Å². The van der Waals surface area contributed by atoms with E-state index in [0.29, 0.717) is 10.0 Å². The third kappa shape index (κ3) is 6.28. The molecule has 2 aromatic rings. The van der Waals surface area contributed by atoms with Crippen LogP contribution in [0.3, 0.4) is 0 Å². The highest BCUT2D eigenvalue weighted by molar-refractivity contribution is 9.10. The minimum absolute atomic E-state index is 0.172. The van der Waals surface area contributed by atoms with Crippen molar-refractivity contribution in [3.8, 4) is 17.6 Å². The van der Waals surface area contributed by atoms with Crippen molar-refractivity contribution in [3.05, 3.63) is 62.1 Å². The first kappa shape index (κ1) is 23.4. The lowest BCUT2D eigenvalue weighted by Gasteiger charge is -2.13. The Labute approximate surface area is 185 Å². The number of hydrogen-bond donors (Lipinski definition) is 1. The molecule has 0 saturated heterocycles. The van der Waals surface area contributed by atoms with Crippen molar-refractivity contribution in [2.75, 3.05) is 26.1 Å². The standard InChI is InChI=1S/C20H16BrN3O7/c1-29-17-8-12(7-16(21)19(17)31-11-18(25)30-2)6-13(10-22)20(26)23-14-4-3-5-15(9-14)24(27)28/h3-9H,11H2,1-2H3,(H,23,26)/b13-6+. The lowest BCUT2D eigenvalue weighted by molar-refractivity contribution is -0.384. The van der Waals surface area contributed by atoms with E-state index in [0.717, 1.165) is 0 Å². The molecule has 1 amide bonds. The highest BCUT2D eigenvalue weighted by Crippen LogP contribution is 2.37. The molecule has 0 fully saturated rings. The molecule has 0 unspecified atom stereocenters. The molecule has 2 aromatic carbocycles. The van der Waals surface area contributed by atoms with E-state index in [1.54, 1.807) is 12.1 Å². The topological polar surface area (TPSA) is 141 Å². The maximum Gasteiger partial charge on any atom is 0.343 e. The van der Waals surface area contributed by atoms with Crippen LogP contribution in [0, 0.1) is 21.4 Å². The van der Waals surface area contributed by atoms with Gasteiger partial charge in [-0.1, -0.05) is 6.07 Å². The number of ether oxygens (including phenoxy) is 3. The van der Waals surface area contributed by atoms with Crippen LogP contribution >= 0.6 is 15.9 Å². The zero-order valence-electron chi connectivity index (χ0n) is 16.4. The minimum atomic E-state index is -0.746. The highest BCUT2D eigenvalue weighted by Gasteiger charge is 2.16. The van der Waals surface area contributed by atoms with Gasteiger partial charge in [0.15, 0.2) is 18.1 Å². The molecular weight excluding hydrogens is 474 g/mol. The molecule has 10 nitrogen and oxygen atoms in total. The molecule has 31 heavy (non-hydrogen) atoms. The van der Waals surface area contributed by atoms with E-state index in [1.807, 2.05) is 0 Å². The Bertz CT molecular complexity index is 1090. The van der Waals surface area contributed by atoms with E-state index >= 15 is 0 Å². The van der Waals surface area contributed by atoms with Crippen LogP contribution in [-0.4, -0.2) is 37.6 Å². The quantitative estimate of drug-likeness (QED) is 0.195. The lowest BCUT2D eigenvalue weighted by atomic mass is 10.1. The number of benzene rings is 2. The van der Waals surface area contributed by atoms with Gasteiger partial charge in [0, 0.05) is 17.8 Å². The van der Waals surface area contributed by atoms with Gasteiger partial charge in [-0.15, -0.1) is 0 Å². The van der Waals surface area contributed by atoms with Gasteiger partial charge >= 0.3 is 5.97 Å². The van der Waals surface area contributed by atoms with E-state index in [4.69, 9.17) is 9.47 Å². The van der Waals surface area contributed by atoms with Gasteiger partial charge in [0.1, 0.15) is 11.6 Å². The van der Waals surface area contributed by atoms with E-state index < -0.39 is 16.8 Å². The van der Waals surface area contributed by atoms with Crippen LogP contribution in [0.25, 0.3) is 6.08 Å². The summed E-state index contributed by atoms with van der Waals surface area (Å²) in [7, 11) is 2.62. The second-order valence-corrected chi connectivity index (χ2v) is 6.68. The molecule has 1 N–H and O–H groups in total. The molecule has 0 aromatic heterocycles. The maximum atomic E-state index is 12.5. The molecule has 0 aliphatic rings. The third-order valence-corrected chi connectivity index (χ3v) is 4.39. The zero-order chi connectivity index (χ0) is 23.0. The number of nitrogens with zero attached hydrogens (tertiary/aromatic N) is 2. The molecule has 0 aliphatic heterocycles. The third-order valence-electron chi connectivity index (χ3n) is 3.80. The molecule has 0 spiro atoms. The Morgan fingerprint density at radius 1 is 1.29 bits per heavy atom. The predicted octanol–water partition coefficient (Wildman–Crippen LogP) is 3.46. The summed E-state index contributed by atoms with van der Waals surface area (Å²) < 4.78 is 15.6. The molecular formula is C20H16BrN3O7. The van der Waals surface area contributed by atoms with E-state index in [2.05, 4.69) is 26.0 Å². The first-order valence-electron chi connectivity index (χ1n) is 8.53. The number of nitro groups is 1. The van der Waals surface area contributed by atoms with Gasteiger partial charge in [-0.25, -0.2) is 4.79 Å². The van der Waals surface area contributed by atoms with Crippen molar-refractivity contribution < 1.29 is 28.7 Å². The second kappa shape index (κ2) is 10.7. The van der Waals surface area contributed by atoms with E-state index in [9.17, 15) is 25.0 Å². The molecule has 0 atom stereocenters. The number of carbonyl (C=O) groups excluding carboxylic acids is 2. The van der Waals surface area contributed by atoms with Crippen molar-refractivity contribution in [2.24, 2.45) is 0 Å². The van der Waals surface area contributed by atoms with Gasteiger partial charge in [0.05, 0.1) is 23.6 Å². The molecule has 2 rings (SSSR count). The van der Waals surface area contributed by atoms with Gasteiger partial charge in [-0.3, -0.25) is 14.9 Å². The first-order valence-corrected chi connectivity index (χ1v) is 9.33. The SMILES string of the molecule is COC(=O)COc1c(Br)cc(/C=C(\C#N)C(=O)Nc2cccc([N+](=O)[O-])c2)cc1OC. The van der Waals surface area contributed by atoms with Crippen LogP contribution in [0.15, 0.2) is 46.4 Å². The van der Waals surface area contributed by atoms with Crippen LogP contribution in [0.4, 0.5) is 11.4 Å². The minimum Gasteiger partial charge on any atom is -0.493 e. The van der Waals surface area contributed by atoms with E-state index in [-0.39, 0.29) is 35.1 Å². The van der Waals surface area contributed by atoms with Crippen molar-refractivity contribution in [1.82, 2.24) is 0 Å². The number of nitriles is 1. The fourth-order valence-corrected chi connectivity index (χ4v) is 2.94. The molecule has 0 heterocycles. The van der Waals surface area contributed by atoms with Crippen molar-refractivity contribution in [1.29, 1.82) is 5.26 Å². The van der Waals surface area contributed by atoms with E-state index in [1.165, 1.54) is 50.6 Å². The molecule has 160 valence electrons. The number of amides is 1. The maximum absolute atomic E-state index is 12.5. The van der Waals surface area contributed by atoms with Crippen molar-refractivity contribution in [2.45, 2.75) is 0 Å². The molecule has 0 aliphatic carbocycles. The second-order valence-electron chi connectivity index (χ2n) is 5.83. The van der Waals surface area contributed by atoms with Crippen LogP contribution in [0.2, 0.25) is 0 Å². The summed E-state index contributed by atoms with van der Waals surface area (Å²) in [5, 5.41) is 22.7. The fourth-order valence-electron chi connectivity index (χ4n) is 2.36. The zero-order valence-corrected chi connectivity index (χ0v) is 18.0. The average Bonchev–Trinajstić information content (AvgIpc) is 2.76. The van der Waals surface area contributed by atoms with Crippen LogP contribution in [0.1, 0.15) is 5.56 Å². The van der Waals surface area contributed by atoms with Gasteiger partial charge in [-0.2, -0.15) is 5.26 Å². The smallest absolute Gasteiger partial charge is 0.343 e. The molecule has 11 heteroatoms. The van der Waals surface area contributed by atoms with Gasteiger partial charge < -0.3 is 19.5 Å². The molecule has 0 radical (unpaired) electrons. The van der Waals surface area contributed by atoms with Crippen molar-refractivity contribution in [3.63, 3.8) is 0 Å². The largest absolute Gasteiger partial charge is 0.493 e. The van der Waals surface area contributed by atoms with Crippen LogP contribution < -0.4 is 14.8 Å². The monoisotopic (exact) mass is 489 g/mol. The summed E-state index contributed by atoms with van der Waals surface area (Å²) in [6.07, 6.45) is 1.31. The summed E-state index contributed by atoms with van der Waals surface area (Å²) in [5.41, 5.74) is 0.158. The molecule has 0 bridgehead atoms. The summed E-state index contributed by atoms with van der Waals surface area (Å²) in [6, 6.07) is 10.2. The Morgan fingerprint density at radius 3 is 2.65 bits per heavy atom. The number of anilines is 1. The predicted molar refractivity (Wildman–Crippen MR) is 114 cm³/mol. The fraction of sp³-hybridized carbons (Fsp3) is 0.150. The van der Waals surface area contributed by atoms with Crippen molar-refractivity contribution >= 4 is 45.3 Å². The summed E-state index contributed by atoms with van der Waals surface area (Å²) in [5.74, 6) is -0.836. The number of nitrogens with one attached hydrogen (secondary N) is 1. The number of carbonyl (C=O) groups is 2. The summed E-state index contributed by atoms with van der Waals surface area (Å²) in [4.78, 5) is 34.0. The highest BCUT2D eigenvalue weighted by atomic mass is 79.9. The Kier molecular flexibility index (Phi) is 8.10. The van der Waals surface area contributed by atoms with Crippen LogP contribution in [-0.2, 0) is 14.3 Å². The number of non-ortho nitro benzene ring substituents is 1. The lowest BCUT2D eigenvalue weighted by Crippen LogP contribution is -2.14. The number of hydrogen-bond acceptors (Lipinski definition) is 8. The Hall–Kier alpha value is -3.91. The summed E-state index contributed by atoms with van der Waals surface area (Å²) >= 11 is 3.30. The number of methoxy groups -OCH3 is 2. The summed E-state index contributed by atoms with van der Waals surface area (Å²) in [6.45, 7) is -0.338. The first-order chi connectivity index (χ1) is 14.8. The van der Waals surface area contributed by atoms with Gasteiger partial charge in [-0.05, 0) is 45.8 Å². The normalized spacial score (nSPS) is 10.6. The number of esters is 1. The Morgan fingerprint density at radius 2 is 2.03 bits per heavy atom. The van der Waals surface area contributed by atoms with Crippen LogP contribution in [0.5, 0.6) is 11.5 Å². The average molecular weight is 490 g/mol. The Balaban J connectivity index is 2.29.